The number of hydrazone groups is 1. The largest absolute Gasteiger partial charge is 0.469 e. The molecular formula is C17H12Cl2N2O3. The van der Waals surface area contributed by atoms with Crippen molar-refractivity contribution in [2.45, 2.75) is 6.92 Å². The molecule has 2 aromatic heterocycles. The normalized spacial score (nSPS) is 11.1. The lowest BCUT2D eigenvalue weighted by atomic mass is 10.2. The minimum atomic E-state index is -0.359. The lowest BCUT2D eigenvalue weighted by Gasteiger charge is -2.01. The summed E-state index contributed by atoms with van der Waals surface area (Å²) in [5, 5.41) is 4.95. The maximum absolute atomic E-state index is 11.9. The van der Waals surface area contributed by atoms with Crippen molar-refractivity contribution in [2.24, 2.45) is 5.10 Å². The van der Waals surface area contributed by atoms with E-state index in [9.17, 15) is 4.79 Å². The Morgan fingerprint density at radius 1 is 1.21 bits per heavy atom. The zero-order valence-electron chi connectivity index (χ0n) is 12.5. The van der Waals surface area contributed by atoms with Crippen molar-refractivity contribution < 1.29 is 13.6 Å². The van der Waals surface area contributed by atoms with Crippen LogP contribution in [0.4, 0.5) is 0 Å². The molecule has 0 atom stereocenters. The van der Waals surface area contributed by atoms with Crippen molar-refractivity contribution in [3.8, 4) is 11.3 Å². The second kappa shape index (κ2) is 6.95. The average Bonchev–Trinajstić information content (AvgIpc) is 3.18. The molecule has 1 amide bonds. The fraction of sp³-hybridized carbons (Fsp3) is 0.0588. The molecule has 0 spiro atoms. The quantitative estimate of drug-likeness (QED) is 0.529. The fourth-order valence-electron chi connectivity index (χ4n) is 2.09. The van der Waals surface area contributed by atoms with Gasteiger partial charge in [0.1, 0.15) is 17.3 Å². The predicted molar refractivity (Wildman–Crippen MR) is 92.7 cm³/mol. The summed E-state index contributed by atoms with van der Waals surface area (Å²) in [5.74, 6) is 1.19. The maximum Gasteiger partial charge on any atom is 0.274 e. The number of aryl methyl sites for hydroxylation is 1. The molecule has 0 unspecified atom stereocenters. The SMILES string of the molecule is Cc1occc1C(=O)N/N=C/c1ccc(-c2cc(Cl)ccc2Cl)o1. The molecule has 0 saturated heterocycles. The van der Waals surface area contributed by atoms with Gasteiger partial charge in [0.25, 0.3) is 5.91 Å². The molecular weight excluding hydrogens is 351 g/mol. The third kappa shape index (κ3) is 3.53. The van der Waals surface area contributed by atoms with Crippen molar-refractivity contribution >= 4 is 35.3 Å². The number of rotatable bonds is 4. The zero-order valence-corrected chi connectivity index (χ0v) is 14.1. The molecule has 0 aliphatic carbocycles. The Kier molecular flexibility index (Phi) is 4.74. The molecule has 0 aliphatic rings. The van der Waals surface area contributed by atoms with E-state index in [-0.39, 0.29) is 5.91 Å². The van der Waals surface area contributed by atoms with Gasteiger partial charge in [-0.15, -0.1) is 0 Å². The van der Waals surface area contributed by atoms with Crippen LogP contribution in [0.2, 0.25) is 10.0 Å². The smallest absolute Gasteiger partial charge is 0.274 e. The van der Waals surface area contributed by atoms with Crippen LogP contribution in [0.1, 0.15) is 21.9 Å². The molecule has 0 fully saturated rings. The second-order valence-corrected chi connectivity index (χ2v) is 5.76. The number of hydrogen-bond donors (Lipinski definition) is 1. The zero-order chi connectivity index (χ0) is 17.1. The summed E-state index contributed by atoms with van der Waals surface area (Å²) in [4.78, 5) is 11.9. The first-order valence-corrected chi connectivity index (χ1v) is 7.73. The summed E-state index contributed by atoms with van der Waals surface area (Å²) in [6, 6.07) is 10.2. The van der Waals surface area contributed by atoms with Crippen LogP contribution in [0.15, 0.2) is 56.6 Å². The van der Waals surface area contributed by atoms with Crippen molar-refractivity contribution in [2.75, 3.05) is 0 Å². The molecule has 2 heterocycles. The number of hydrogen-bond acceptors (Lipinski definition) is 4. The Hall–Kier alpha value is -2.50. The van der Waals surface area contributed by atoms with Gasteiger partial charge in [-0.2, -0.15) is 5.10 Å². The van der Waals surface area contributed by atoms with Gasteiger partial charge in [0.15, 0.2) is 0 Å². The summed E-state index contributed by atoms with van der Waals surface area (Å²) in [7, 11) is 0. The van der Waals surface area contributed by atoms with E-state index in [2.05, 4.69) is 10.5 Å². The lowest BCUT2D eigenvalue weighted by molar-refractivity contribution is 0.0953. The Labute approximate surface area is 147 Å². The number of carbonyl (C=O) groups excluding carboxylic acids is 1. The topological polar surface area (TPSA) is 67.7 Å². The molecule has 0 saturated carbocycles. The minimum Gasteiger partial charge on any atom is -0.469 e. The molecule has 1 aromatic carbocycles. The van der Waals surface area contributed by atoms with E-state index >= 15 is 0 Å². The van der Waals surface area contributed by atoms with Crippen LogP contribution in [0.25, 0.3) is 11.3 Å². The summed E-state index contributed by atoms with van der Waals surface area (Å²) in [6.45, 7) is 1.70. The Morgan fingerprint density at radius 2 is 2.04 bits per heavy atom. The highest BCUT2D eigenvalue weighted by molar-refractivity contribution is 6.35. The summed E-state index contributed by atoms with van der Waals surface area (Å²) in [5.41, 5.74) is 3.52. The van der Waals surface area contributed by atoms with Crippen LogP contribution in [0, 0.1) is 6.92 Å². The number of furan rings is 2. The average molecular weight is 363 g/mol. The van der Waals surface area contributed by atoms with Crippen LogP contribution >= 0.6 is 23.2 Å². The van der Waals surface area contributed by atoms with Crippen molar-refractivity contribution in [1.29, 1.82) is 0 Å². The first-order valence-electron chi connectivity index (χ1n) is 6.97. The molecule has 0 radical (unpaired) electrons. The molecule has 24 heavy (non-hydrogen) atoms. The highest BCUT2D eigenvalue weighted by Gasteiger charge is 2.11. The number of carbonyl (C=O) groups is 1. The van der Waals surface area contributed by atoms with Crippen LogP contribution < -0.4 is 5.43 Å². The van der Waals surface area contributed by atoms with Gasteiger partial charge < -0.3 is 8.83 Å². The van der Waals surface area contributed by atoms with Gasteiger partial charge in [0.2, 0.25) is 0 Å². The summed E-state index contributed by atoms with van der Waals surface area (Å²) in [6.07, 6.45) is 2.84. The second-order valence-electron chi connectivity index (χ2n) is 4.92. The minimum absolute atomic E-state index is 0.359. The maximum atomic E-state index is 11.9. The van der Waals surface area contributed by atoms with Gasteiger partial charge in [0.05, 0.1) is 23.1 Å². The van der Waals surface area contributed by atoms with E-state index in [1.807, 2.05) is 0 Å². The van der Waals surface area contributed by atoms with Crippen molar-refractivity contribution in [3.05, 3.63) is 69.8 Å². The highest BCUT2D eigenvalue weighted by atomic mass is 35.5. The molecule has 0 bridgehead atoms. The van der Waals surface area contributed by atoms with Gasteiger partial charge in [-0.25, -0.2) is 5.43 Å². The number of benzene rings is 1. The van der Waals surface area contributed by atoms with E-state index in [1.54, 1.807) is 43.3 Å². The highest BCUT2D eigenvalue weighted by Crippen LogP contribution is 2.31. The Bertz CT molecular complexity index is 912. The first-order chi connectivity index (χ1) is 11.5. The number of nitrogens with zero attached hydrogens (tertiary/aromatic N) is 1. The van der Waals surface area contributed by atoms with Gasteiger partial charge in [-0.05, 0) is 43.3 Å². The van der Waals surface area contributed by atoms with E-state index in [1.165, 1.54) is 12.5 Å². The van der Waals surface area contributed by atoms with Gasteiger partial charge in [-0.3, -0.25) is 4.79 Å². The first kappa shape index (κ1) is 16.4. The van der Waals surface area contributed by atoms with E-state index < -0.39 is 0 Å². The fourth-order valence-corrected chi connectivity index (χ4v) is 2.47. The molecule has 122 valence electrons. The molecule has 3 rings (SSSR count). The van der Waals surface area contributed by atoms with Gasteiger partial charge in [-0.1, -0.05) is 23.2 Å². The molecule has 0 aliphatic heterocycles. The lowest BCUT2D eigenvalue weighted by Crippen LogP contribution is -2.17. The molecule has 1 N–H and O–H groups in total. The van der Waals surface area contributed by atoms with Crippen molar-refractivity contribution in [1.82, 2.24) is 5.43 Å². The van der Waals surface area contributed by atoms with E-state index in [0.717, 1.165) is 0 Å². The summed E-state index contributed by atoms with van der Waals surface area (Å²) >= 11 is 12.1. The van der Waals surface area contributed by atoms with E-state index in [4.69, 9.17) is 32.0 Å². The third-order valence-corrected chi connectivity index (χ3v) is 3.85. The Balaban J connectivity index is 1.71. The van der Waals surface area contributed by atoms with E-state index in [0.29, 0.717) is 38.5 Å². The van der Waals surface area contributed by atoms with Gasteiger partial charge in [0, 0.05) is 10.6 Å². The monoisotopic (exact) mass is 362 g/mol. The number of amides is 1. The Morgan fingerprint density at radius 3 is 2.79 bits per heavy atom. The van der Waals surface area contributed by atoms with Crippen molar-refractivity contribution in [3.63, 3.8) is 0 Å². The molecule has 3 aromatic rings. The summed E-state index contributed by atoms with van der Waals surface area (Å²) < 4.78 is 10.7. The third-order valence-electron chi connectivity index (χ3n) is 3.28. The van der Waals surface area contributed by atoms with Crippen LogP contribution in [0.3, 0.4) is 0 Å². The standard InChI is InChI=1S/C17H12Cl2N2O3/c1-10-13(6-7-23-10)17(22)21-20-9-12-3-5-16(24-12)14-8-11(18)2-4-15(14)19/h2-9H,1H3,(H,21,22)/b20-9+. The van der Waals surface area contributed by atoms with Gasteiger partial charge >= 0.3 is 0 Å². The molecule has 7 heteroatoms. The predicted octanol–water partition coefficient (Wildman–Crippen LogP) is 4.92. The van der Waals surface area contributed by atoms with Crippen LogP contribution in [-0.4, -0.2) is 12.1 Å². The number of nitrogens with one attached hydrogen (secondary N) is 1. The molecule has 5 nitrogen and oxygen atoms in total. The van der Waals surface area contributed by atoms with Crippen LogP contribution in [-0.2, 0) is 0 Å². The van der Waals surface area contributed by atoms with Crippen LogP contribution in [0.5, 0.6) is 0 Å². The number of halogens is 2.